The predicted molar refractivity (Wildman–Crippen MR) is 81.3 cm³/mol. The first-order chi connectivity index (χ1) is 11.6. The highest BCUT2D eigenvalue weighted by Gasteiger charge is 2.33. The average molecular weight is 352 g/mol. The average Bonchev–Trinajstić information content (AvgIpc) is 2.66. The van der Waals surface area contributed by atoms with Crippen LogP contribution in [0, 0.1) is 0 Å². The number of ketones is 1. The van der Waals surface area contributed by atoms with Crippen molar-refractivity contribution in [2.75, 3.05) is 6.61 Å². The number of aliphatic carboxylic acids is 2. The number of allylic oxidation sites excluding steroid dienone is 1. The van der Waals surface area contributed by atoms with E-state index in [1.54, 1.807) is 0 Å². The SMILES string of the molecule is C=C(C)C(=O)OCC/C(C(=O)O)=C(/C(=O)O)C1CC(=O)C=CC(=O)O1. The van der Waals surface area contributed by atoms with Crippen molar-refractivity contribution in [2.24, 2.45) is 0 Å². The third-order valence-electron chi connectivity index (χ3n) is 3.12. The number of hydrogen-bond acceptors (Lipinski definition) is 7. The van der Waals surface area contributed by atoms with Crippen molar-refractivity contribution < 1.29 is 43.7 Å². The summed E-state index contributed by atoms with van der Waals surface area (Å²) in [5.74, 6) is -5.57. The molecule has 9 nitrogen and oxygen atoms in total. The van der Waals surface area contributed by atoms with Gasteiger partial charge in [0.15, 0.2) is 5.78 Å². The minimum atomic E-state index is -1.66. The molecule has 25 heavy (non-hydrogen) atoms. The van der Waals surface area contributed by atoms with Gasteiger partial charge in [0.1, 0.15) is 6.10 Å². The van der Waals surface area contributed by atoms with Crippen LogP contribution in [0.2, 0.25) is 0 Å². The number of ether oxygens (including phenoxy) is 2. The van der Waals surface area contributed by atoms with Crippen LogP contribution in [0.4, 0.5) is 0 Å². The third kappa shape index (κ3) is 5.72. The van der Waals surface area contributed by atoms with E-state index < -0.39 is 66.4 Å². The van der Waals surface area contributed by atoms with Gasteiger partial charge in [0.25, 0.3) is 0 Å². The Morgan fingerprint density at radius 3 is 2.40 bits per heavy atom. The van der Waals surface area contributed by atoms with Crippen molar-refractivity contribution in [3.8, 4) is 0 Å². The molecule has 1 unspecified atom stereocenters. The molecule has 0 aliphatic carbocycles. The van der Waals surface area contributed by atoms with Gasteiger partial charge in [-0.3, -0.25) is 4.79 Å². The minimum absolute atomic E-state index is 0.0914. The van der Waals surface area contributed by atoms with Gasteiger partial charge in [-0.1, -0.05) is 6.58 Å². The van der Waals surface area contributed by atoms with Gasteiger partial charge < -0.3 is 19.7 Å². The van der Waals surface area contributed by atoms with Crippen LogP contribution in [-0.4, -0.2) is 52.6 Å². The van der Waals surface area contributed by atoms with Gasteiger partial charge in [0.05, 0.1) is 24.2 Å². The van der Waals surface area contributed by atoms with E-state index in [0.717, 1.165) is 12.2 Å². The molecule has 0 saturated heterocycles. The number of hydrogen-bond donors (Lipinski definition) is 2. The second-order valence-corrected chi connectivity index (χ2v) is 5.10. The predicted octanol–water partition coefficient (Wildman–Crippen LogP) is 0.402. The monoisotopic (exact) mass is 352 g/mol. The summed E-state index contributed by atoms with van der Waals surface area (Å²) >= 11 is 0. The van der Waals surface area contributed by atoms with Crippen molar-refractivity contribution >= 4 is 29.7 Å². The van der Waals surface area contributed by atoms with Crippen LogP contribution < -0.4 is 0 Å². The van der Waals surface area contributed by atoms with Gasteiger partial charge in [-0.05, 0) is 13.0 Å². The number of rotatable bonds is 7. The van der Waals surface area contributed by atoms with Gasteiger partial charge in [-0.2, -0.15) is 0 Å². The highest BCUT2D eigenvalue weighted by molar-refractivity contribution is 6.03. The maximum Gasteiger partial charge on any atom is 0.335 e. The summed E-state index contributed by atoms with van der Waals surface area (Å²) in [6, 6.07) is 0. The van der Waals surface area contributed by atoms with Crippen LogP contribution in [0.3, 0.4) is 0 Å². The number of cyclic esters (lactones) is 1. The molecule has 0 radical (unpaired) electrons. The van der Waals surface area contributed by atoms with Crippen molar-refractivity contribution in [3.05, 3.63) is 35.5 Å². The van der Waals surface area contributed by atoms with Gasteiger partial charge >= 0.3 is 23.9 Å². The highest BCUT2D eigenvalue weighted by Crippen LogP contribution is 2.22. The maximum absolute atomic E-state index is 11.6. The first-order valence-electron chi connectivity index (χ1n) is 7.07. The zero-order valence-electron chi connectivity index (χ0n) is 13.3. The van der Waals surface area contributed by atoms with E-state index in [9.17, 15) is 34.2 Å². The summed E-state index contributed by atoms with van der Waals surface area (Å²) in [6.45, 7) is 4.32. The number of esters is 2. The Balaban J connectivity index is 3.13. The lowest BCUT2D eigenvalue weighted by Gasteiger charge is -2.18. The molecule has 1 aliphatic heterocycles. The van der Waals surface area contributed by atoms with Crippen molar-refractivity contribution in [3.63, 3.8) is 0 Å². The van der Waals surface area contributed by atoms with Gasteiger partial charge in [0.2, 0.25) is 0 Å². The third-order valence-corrected chi connectivity index (χ3v) is 3.12. The summed E-state index contributed by atoms with van der Waals surface area (Å²) in [6.07, 6.45) is -0.763. The summed E-state index contributed by atoms with van der Waals surface area (Å²) in [4.78, 5) is 57.3. The minimum Gasteiger partial charge on any atom is -0.478 e. The largest absolute Gasteiger partial charge is 0.478 e. The molecular weight excluding hydrogens is 336 g/mol. The standard InChI is InChI=1S/C16H16O9/c1-8(2)16(23)24-6-5-10(14(19)20)13(15(21)22)11-7-9(17)3-4-12(18)25-11/h3-4,11H,1,5-7H2,2H3,(H,19,20)(H,21,22)/b13-10-. The van der Waals surface area contributed by atoms with E-state index in [4.69, 9.17) is 9.47 Å². The fourth-order valence-electron chi connectivity index (χ4n) is 1.98. The van der Waals surface area contributed by atoms with Crippen LogP contribution >= 0.6 is 0 Å². The van der Waals surface area contributed by atoms with E-state index in [0.29, 0.717) is 0 Å². The quantitative estimate of drug-likeness (QED) is 0.491. The maximum atomic E-state index is 11.6. The zero-order valence-corrected chi connectivity index (χ0v) is 13.3. The molecule has 2 N–H and O–H groups in total. The first kappa shape index (κ1) is 19.8. The molecule has 0 aromatic rings. The molecule has 0 amide bonds. The number of carbonyl (C=O) groups is 5. The topological polar surface area (TPSA) is 144 Å². The molecule has 9 heteroatoms. The van der Waals surface area contributed by atoms with Gasteiger partial charge in [-0.25, -0.2) is 19.2 Å². The molecule has 0 aromatic carbocycles. The smallest absolute Gasteiger partial charge is 0.335 e. The molecule has 0 saturated carbocycles. The molecule has 0 spiro atoms. The van der Waals surface area contributed by atoms with Gasteiger partial charge in [-0.15, -0.1) is 0 Å². The van der Waals surface area contributed by atoms with Crippen LogP contribution in [0.1, 0.15) is 19.8 Å². The molecule has 134 valence electrons. The molecule has 0 aromatic heterocycles. The summed E-state index contributed by atoms with van der Waals surface area (Å²) in [5.41, 5.74) is -1.28. The highest BCUT2D eigenvalue weighted by atomic mass is 16.5. The van der Waals surface area contributed by atoms with E-state index in [2.05, 4.69) is 6.58 Å². The number of carbonyl (C=O) groups excluding carboxylic acids is 3. The summed E-state index contributed by atoms with van der Waals surface area (Å²) in [5, 5.41) is 18.6. The fourth-order valence-corrected chi connectivity index (χ4v) is 1.98. The van der Waals surface area contributed by atoms with Crippen molar-refractivity contribution in [1.82, 2.24) is 0 Å². The van der Waals surface area contributed by atoms with Crippen molar-refractivity contribution in [2.45, 2.75) is 25.9 Å². The molecule has 1 atom stereocenters. The normalized spacial score (nSPS) is 17.9. The Hall–Kier alpha value is -3.23. The number of carboxylic acids is 2. The number of carboxylic acid groups (broad SMARTS) is 2. The Bertz CT molecular complexity index is 676. The van der Waals surface area contributed by atoms with E-state index >= 15 is 0 Å². The van der Waals surface area contributed by atoms with Gasteiger partial charge in [0, 0.05) is 18.1 Å². The Morgan fingerprint density at radius 1 is 1.24 bits per heavy atom. The van der Waals surface area contributed by atoms with E-state index in [1.165, 1.54) is 6.92 Å². The van der Waals surface area contributed by atoms with Crippen LogP contribution in [0.25, 0.3) is 0 Å². The van der Waals surface area contributed by atoms with Crippen LogP contribution in [0.15, 0.2) is 35.5 Å². The van der Waals surface area contributed by atoms with Crippen LogP contribution in [-0.2, 0) is 33.4 Å². The second-order valence-electron chi connectivity index (χ2n) is 5.10. The zero-order chi connectivity index (χ0) is 19.1. The van der Waals surface area contributed by atoms with E-state index in [1.807, 2.05) is 0 Å². The lowest BCUT2D eigenvalue weighted by Crippen LogP contribution is -2.28. The molecule has 0 bridgehead atoms. The molecule has 1 heterocycles. The summed E-state index contributed by atoms with van der Waals surface area (Å²) < 4.78 is 9.58. The Labute approximate surface area is 142 Å². The van der Waals surface area contributed by atoms with Crippen LogP contribution in [0.5, 0.6) is 0 Å². The Morgan fingerprint density at radius 2 is 1.88 bits per heavy atom. The fraction of sp³-hybridized carbons (Fsp3) is 0.312. The first-order valence-corrected chi connectivity index (χ1v) is 7.07. The molecule has 1 aliphatic rings. The Kier molecular flexibility index (Phi) is 6.80. The van der Waals surface area contributed by atoms with E-state index in [-0.39, 0.29) is 5.57 Å². The lowest BCUT2D eigenvalue weighted by molar-refractivity contribution is -0.144. The molecular formula is C16H16O9. The van der Waals surface area contributed by atoms with Crippen molar-refractivity contribution in [1.29, 1.82) is 0 Å². The molecule has 0 fully saturated rings. The summed E-state index contributed by atoms with van der Waals surface area (Å²) in [7, 11) is 0. The lowest BCUT2D eigenvalue weighted by atomic mass is 9.97. The molecule has 1 rings (SSSR count). The second kappa shape index (κ2) is 8.57.